The Morgan fingerprint density at radius 2 is 1.61 bits per heavy atom. The predicted molar refractivity (Wildman–Crippen MR) is 157 cm³/mol. The van der Waals surface area contributed by atoms with Gasteiger partial charge in [0.15, 0.2) is 0 Å². The van der Waals surface area contributed by atoms with Crippen LogP contribution in [-0.2, 0) is 22.6 Å². The van der Waals surface area contributed by atoms with Gasteiger partial charge in [0.05, 0.1) is 24.1 Å². The van der Waals surface area contributed by atoms with Crippen LogP contribution in [0.4, 0.5) is 9.59 Å². The highest BCUT2D eigenvalue weighted by atomic mass is 16.6. The lowest BCUT2D eigenvalue weighted by atomic mass is 9.98. The molecule has 0 bridgehead atoms. The summed E-state index contributed by atoms with van der Waals surface area (Å²) < 4.78 is 18.8. The molecular formula is C32H36N4O5. The van der Waals surface area contributed by atoms with E-state index in [1.807, 2.05) is 74.7 Å². The van der Waals surface area contributed by atoms with Crippen molar-refractivity contribution < 1.29 is 23.8 Å². The van der Waals surface area contributed by atoms with Crippen molar-refractivity contribution >= 4 is 23.2 Å². The summed E-state index contributed by atoms with van der Waals surface area (Å²) in [6.07, 6.45) is -0.961. The van der Waals surface area contributed by atoms with E-state index in [-0.39, 0.29) is 19.1 Å². The van der Waals surface area contributed by atoms with E-state index >= 15 is 0 Å². The molecule has 214 valence electrons. The number of aryl methyl sites for hydroxylation is 1. The minimum atomic E-state index is -0.549. The van der Waals surface area contributed by atoms with Crippen LogP contribution in [0, 0.1) is 0 Å². The van der Waals surface area contributed by atoms with Gasteiger partial charge in [0.2, 0.25) is 0 Å². The SMILES string of the molecule is CCn1c(CNC(=O)OCC2c3ccccc3-c3ccccc32)nc2ccc(OCCNC(=O)OC(C)(C)C)cc21. The van der Waals surface area contributed by atoms with Crippen molar-refractivity contribution in [2.75, 3.05) is 19.8 Å². The minimum Gasteiger partial charge on any atom is -0.492 e. The molecule has 9 nitrogen and oxygen atoms in total. The average molecular weight is 557 g/mol. The van der Waals surface area contributed by atoms with E-state index in [2.05, 4.69) is 34.9 Å². The highest BCUT2D eigenvalue weighted by molar-refractivity contribution is 5.79. The Hall–Kier alpha value is -4.53. The Balaban J connectivity index is 1.16. The number of carbonyl (C=O) groups is 2. The van der Waals surface area contributed by atoms with Gasteiger partial charge in [0, 0.05) is 18.5 Å². The number of rotatable bonds is 9. The summed E-state index contributed by atoms with van der Waals surface area (Å²) >= 11 is 0. The quantitative estimate of drug-likeness (QED) is 0.245. The fraction of sp³-hybridized carbons (Fsp3) is 0.344. The summed E-state index contributed by atoms with van der Waals surface area (Å²) in [5.74, 6) is 1.39. The summed E-state index contributed by atoms with van der Waals surface area (Å²) in [5.41, 5.74) is 5.88. The lowest BCUT2D eigenvalue weighted by Gasteiger charge is -2.19. The smallest absolute Gasteiger partial charge is 0.407 e. The first-order valence-corrected chi connectivity index (χ1v) is 13.9. The molecule has 0 saturated carbocycles. The average Bonchev–Trinajstić information content (AvgIpc) is 3.46. The zero-order valence-corrected chi connectivity index (χ0v) is 23.9. The van der Waals surface area contributed by atoms with Gasteiger partial charge in [-0.2, -0.15) is 0 Å². The van der Waals surface area contributed by atoms with E-state index in [4.69, 9.17) is 19.2 Å². The zero-order valence-electron chi connectivity index (χ0n) is 23.9. The molecule has 1 aliphatic carbocycles. The predicted octanol–water partition coefficient (Wildman–Crippen LogP) is 6.00. The molecule has 2 amide bonds. The van der Waals surface area contributed by atoms with Crippen LogP contribution in [-0.4, -0.2) is 47.1 Å². The number of ether oxygens (including phenoxy) is 3. The summed E-state index contributed by atoms with van der Waals surface area (Å²) in [5, 5.41) is 5.54. The van der Waals surface area contributed by atoms with Crippen LogP contribution < -0.4 is 15.4 Å². The third kappa shape index (κ3) is 6.45. The number of amides is 2. The van der Waals surface area contributed by atoms with Crippen molar-refractivity contribution in [1.29, 1.82) is 0 Å². The van der Waals surface area contributed by atoms with E-state index in [0.29, 0.717) is 25.4 Å². The number of fused-ring (bicyclic) bond motifs is 4. The second kappa shape index (κ2) is 11.9. The molecular weight excluding hydrogens is 520 g/mol. The number of nitrogens with one attached hydrogen (secondary N) is 2. The van der Waals surface area contributed by atoms with E-state index < -0.39 is 17.8 Å². The number of hydrogen-bond donors (Lipinski definition) is 2. The zero-order chi connectivity index (χ0) is 29.0. The van der Waals surface area contributed by atoms with Crippen LogP contribution >= 0.6 is 0 Å². The van der Waals surface area contributed by atoms with Gasteiger partial charge in [-0.25, -0.2) is 14.6 Å². The largest absolute Gasteiger partial charge is 0.492 e. The Kier molecular flexibility index (Phi) is 8.14. The van der Waals surface area contributed by atoms with E-state index in [1.54, 1.807) is 0 Å². The number of hydrogen-bond acceptors (Lipinski definition) is 6. The van der Waals surface area contributed by atoms with Crippen LogP contribution in [0.3, 0.4) is 0 Å². The van der Waals surface area contributed by atoms with Gasteiger partial charge in [-0.15, -0.1) is 0 Å². The molecule has 0 saturated heterocycles. The van der Waals surface area contributed by atoms with Gasteiger partial charge >= 0.3 is 12.2 Å². The monoisotopic (exact) mass is 556 g/mol. The van der Waals surface area contributed by atoms with Crippen LogP contribution in [0.2, 0.25) is 0 Å². The number of aromatic nitrogens is 2. The van der Waals surface area contributed by atoms with Gasteiger partial charge in [0.25, 0.3) is 0 Å². The van der Waals surface area contributed by atoms with E-state index in [9.17, 15) is 9.59 Å². The molecule has 0 aliphatic heterocycles. The molecule has 1 heterocycles. The molecule has 0 unspecified atom stereocenters. The van der Waals surface area contributed by atoms with Gasteiger partial charge in [0.1, 0.15) is 30.4 Å². The fourth-order valence-electron chi connectivity index (χ4n) is 5.17. The second-order valence-electron chi connectivity index (χ2n) is 10.9. The number of imidazole rings is 1. The highest BCUT2D eigenvalue weighted by Crippen LogP contribution is 2.44. The molecule has 0 spiro atoms. The third-order valence-electron chi connectivity index (χ3n) is 6.89. The Bertz CT molecular complexity index is 1510. The summed E-state index contributed by atoms with van der Waals surface area (Å²) in [6, 6.07) is 22.2. The normalized spacial score (nSPS) is 12.5. The highest BCUT2D eigenvalue weighted by Gasteiger charge is 2.29. The number of alkyl carbamates (subject to hydrolysis) is 2. The standard InChI is InChI=1S/C32H36N4O5/c1-5-36-28-18-21(39-17-16-33-31(38)41-32(2,3)4)14-15-27(28)35-29(36)19-34-30(37)40-20-26-24-12-8-6-10-22(24)23-11-7-9-13-25(23)26/h6-15,18,26H,5,16-17,19-20H2,1-4H3,(H,33,38)(H,34,37). The summed E-state index contributed by atoms with van der Waals surface area (Å²) in [4.78, 5) is 29.2. The van der Waals surface area contributed by atoms with Crippen LogP contribution in [0.1, 0.15) is 50.6 Å². The molecule has 9 heteroatoms. The van der Waals surface area contributed by atoms with Crippen molar-refractivity contribution in [2.45, 2.75) is 52.3 Å². The first-order chi connectivity index (χ1) is 19.7. The number of nitrogens with zero attached hydrogens (tertiary/aromatic N) is 2. The maximum atomic E-state index is 12.7. The third-order valence-corrected chi connectivity index (χ3v) is 6.89. The molecule has 5 rings (SSSR count). The van der Waals surface area contributed by atoms with Gasteiger partial charge in [-0.05, 0) is 62.1 Å². The van der Waals surface area contributed by atoms with Gasteiger partial charge in [-0.1, -0.05) is 48.5 Å². The Morgan fingerprint density at radius 3 is 2.27 bits per heavy atom. The number of benzene rings is 3. The molecule has 3 aromatic carbocycles. The second-order valence-corrected chi connectivity index (χ2v) is 10.9. The first kappa shape index (κ1) is 28.0. The van der Waals surface area contributed by atoms with E-state index in [1.165, 1.54) is 22.3 Å². The topological polar surface area (TPSA) is 104 Å². The van der Waals surface area contributed by atoms with Gasteiger partial charge in [-0.3, -0.25) is 0 Å². The molecule has 41 heavy (non-hydrogen) atoms. The van der Waals surface area contributed by atoms with Crippen molar-refractivity contribution in [3.8, 4) is 16.9 Å². The molecule has 0 fully saturated rings. The van der Waals surface area contributed by atoms with Crippen LogP contribution in [0.25, 0.3) is 22.2 Å². The molecule has 1 aliphatic rings. The molecule has 4 aromatic rings. The minimum absolute atomic E-state index is 0.00567. The number of carbonyl (C=O) groups excluding carboxylic acids is 2. The lowest BCUT2D eigenvalue weighted by Crippen LogP contribution is -2.34. The van der Waals surface area contributed by atoms with Crippen molar-refractivity contribution in [3.63, 3.8) is 0 Å². The molecule has 0 radical (unpaired) electrons. The van der Waals surface area contributed by atoms with Crippen molar-refractivity contribution in [3.05, 3.63) is 83.7 Å². The molecule has 2 N–H and O–H groups in total. The van der Waals surface area contributed by atoms with E-state index in [0.717, 1.165) is 16.9 Å². The van der Waals surface area contributed by atoms with Crippen LogP contribution in [0.15, 0.2) is 66.7 Å². The molecule has 1 aromatic heterocycles. The summed E-state index contributed by atoms with van der Waals surface area (Å²) in [7, 11) is 0. The van der Waals surface area contributed by atoms with Crippen molar-refractivity contribution in [1.82, 2.24) is 20.2 Å². The first-order valence-electron chi connectivity index (χ1n) is 13.9. The maximum Gasteiger partial charge on any atom is 0.407 e. The van der Waals surface area contributed by atoms with Crippen molar-refractivity contribution in [2.24, 2.45) is 0 Å². The maximum absolute atomic E-state index is 12.7. The van der Waals surface area contributed by atoms with Crippen LogP contribution in [0.5, 0.6) is 5.75 Å². The molecule has 0 atom stereocenters. The van der Waals surface area contributed by atoms with Gasteiger partial charge < -0.3 is 29.4 Å². The Morgan fingerprint density at radius 1 is 0.927 bits per heavy atom. The fourth-order valence-corrected chi connectivity index (χ4v) is 5.17. The summed E-state index contributed by atoms with van der Waals surface area (Å²) in [6.45, 7) is 9.24. The lowest BCUT2D eigenvalue weighted by molar-refractivity contribution is 0.0520. The Labute approximate surface area is 239 Å².